The monoisotopic (exact) mass is 442 g/mol. The number of hydrogen-bond acceptors (Lipinski definition) is 5. The van der Waals surface area contributed by atoms with Crippen LogP contribution in [0.5, 0.6) is 0 Å². The van der Waals surface area contributed by atoms with Crippen molar-refractivity contribution >= 4 is 33.2 Å². The summed E-state index contributed by atoms with van der Waals surface area (Å²) in [6, 6.07) is 16.2. The lowest BCUT2D eigenvalue weighted by Gasteiger charge is -2.16. The van der Waals surface area contributed by atoms with Gasteiger partial charge in [-0.1, -0.05) is 42.5 Å². The second-order valence-corrected chi connectivity index (χ2v) is 9.22. The largest absolute Gasteiger partial charge is 0.350 e. The number of rotatable bonds is 8. The first-order valence-electron chi connectivity index (χ1n) is 10.0. The van der Waals surface area contributed by atoms with E-state index in [4.69, 9.17) is 0 Å². The highest BCUT2D eigenvalue weighted by Gasteiger charge is 2.22. The minimum atomic E-state index is -3.38. The molecule has 2 N–H and O–H groups in total. The second kappa shape index (κ2) is 9.74. The molecule has 1 heterocycles. The molecule has 0 aliphatic carbocycles. The summed E-state index contributed by atoms with van der Waals surface area (Å²) in [5.41, 5.74) is 3.05. The fourth-order valence-corrected chi connectivity index (χ4v) is 3.86. The van der Waals surface area contributed by atoms with E-state index in [1.54, 1.807) is 31.2 Å². The fourth-order valence-electron chi connectivity index (χ4n) is 3.30. The Labute approximate surface area is 182 Å². The lowest BCUT2D eigenvalue weighted by Crippen LogP contribution is -2.29. The summed E-state index contributed by atoms with van der Waals surface area (Å²) in [6.07, 6.45) is 1.89. The maximum atomic E-state index is 12.4. The standard InChI is InChI=1S/C22H26N4O4S/c1-16(18-9-6-10-19(15-18)25-31(2,29)30)23-21(27)11-12-22(28)26-14-13-20(24-26)17-7-4-3-5-8-17/h3-10,15-16,25H,11-14H2,1-2H3,(H,23,27). The Morgan fingerprint density at radius 3 is 2.55 bits per heavy atom. The first kappa shape index (κ1) is 22.5. The zero-order valence-corrected chi connectivity index (χ0v) is 18.4. The van der Waals surface area contributed by atoms with Gasteiger partial charge in [-0.25, -0.2) is 13.4 Å². The van der Waals surface area contributed by atoms with Gasteiger partial charge in [-0.2, -0.15) is 5.10 Å². The summed E-state index contributed by atoms with van der Waals surface area (Å²) in [6.45, 7) is 2.32. The molecule has 0 fully saturated rings. The molecule has 1 unspecified atom stereocenters. The molecule has 1 atom stereocenters. The second-order valence-electron chi connectivity index (χ2n) is 7.47. The lowest BCUT2D eigenvalue weighted by atomic mass is 10.1. The molecule has 0 bridgehead atoms. The highest BCUT2D eigenvalue weighted by Crippen LogP contribution is 2.19. The molecule has 0 saturated carbocycles. The van der Waals surface area contributed by atoms with Gasteiger partial charge < -0.3 is 5.32 Å². The number of carbonyl (C=O) groups excluding carboxylic acids is 2. The van der Waals surface area contributed by atoms with Crippen molar-refractivity contribution in [2.75, 3.05) is 17.5 Å². The number of nitrogens with one attached hydrogen (secondary N) is 2. The van der Waals surface area contributed by atoms with Crippen molar-refractivity contribution in [3.8, 4) is 0 Å². The zero-order chi connectivity index (χ0) is 22.4. The predicted octanol–water partition coefficient (Wildman–Crippen LogP) is 2.65. The van der Waals surface area contributed by atoms with Crippen molar-refractivity contribution in [3.05, 3.63) is 65.7 Å². The van der Waals surface area contributed by atoms with E-state index >= 15 is 0 Å². The molecular weight excluding hydrogens is 416 g/mol. The van der Waals surface area contributed by atoms with Gasteiger partial charge in [0.2, 0.25) is 21.8 Å². The van der Waals surface area contributed by atoms with E-state index in [9.17, 15) is 18.0 Å². The summed E-state index contributed by atoms with van der Waals surface area (Å²) in [4.78, 5) is 24.8. The van der Waals surface area contributed by atoms with E-state index in [0.29, 0.717) is 18.7 Å². The van der Waals surface area contributed by atoms with Crippen LogP contribution in [0.1, 0.15) is 43.4 Å². The number of amides is 2. The molecule has 8 nitrogen and oxygen atoms in total. The van der Waals surface area contributed by atoms with Gasteiger partial charge in [-0.3, -0.25) is 14.3 Å². The van der Waals surface area contributed by atoms with Crippen LogP contribution in [0.4, 0.5) is 5.69 Å². The van der Waals surface area contributed by atoms with E-state index in [0.717, 1.165) is 23.1 Å². The van der Waals surface area contributed by atoms with Gasteiger partial charge in [0.15, 0.2) is 0 Å². The Morgan fingerprint density at radius 2 is 1.84 bits per heavy atom. The van der Waals surface area contributed by atoms with Gasteiger partial charge in [-0.05, 0) is 30.2 Å². The summed E-state index contributed by atoms with van der Waals surface area (Å²) in [5, 5.41) is 8.67. The molecular formula is C22H26N4O4S. The number of sulfonamides is 1. The summed E-state index contributed by atoms with van der Waals surface area (Å²) >= 11 is 0. The van der Waals surface area contributed by atoms with E-state index in [1.165, 1.54) is 5.01 Å². The molecule has 3 rings (SSSR count). The third-order valence-electron chi connectivity index (χ3n) is 4.83. The van der Waals surface area contributed by atoms with E-state index in [1.807, 2.05) is 30.3 Å². The first-order chi connectivity index (χ1) is 14.7. The van der Waals surface area contributed by atoms with Crippen molar-refractivity contribution in [3.63, 3.8) is 0 Å². The highest BCUT2D eigenvalue weighted by molar-refractivity contribution is 7.92. The average molecular weight is 443 g/mol. The lowest BCUT2D eigenvalue weighted by molar-refractivity contribution is -0.133. The number of hydrogen-bond donors (Lipinski definition) is 2. The first-order valence-corrected chi connectivity index (χ1v) is 11.9. The quantitative estimate of drug-likeness (QED) is 0.655. The minimum Gasteiger partial charge on any atom is -0.350 e. The van der Waals surface area contributed by atoms with Crippen LogP contribution in [0.3, 0.4) is 0 Å². The van der Waals surface area contributed by atoms with Crippen LogP contribution < -0.4 is 10.0 Å². The molecule has 0 spiro atoms. The van der Waals surface area contributed by atoms with Gasteiger partial charge in [-0.15, -0.1) is 0 Å². The summed E-state index contributed by atoms with van der Waals surface area (Å²) in [5.74, 6) is -0.443. The molecule has 2 aromatic rings. The number of nitrogens with zero attached hydrogens (tertiary/aromatic N) is 2. The van der Waals surface area contributed by atoms with Crippen molar-refractivity contribution in [2.45, 2.75) is 32.2 Å². The Balaban J connectivity index is 1.50. The zero-order valence-electron chi connectivity index (χ0n) is 17.5. The number of carbonyl (C=O) groups is 2. The average Bonchev–Trinajstić information content (AvgIpc) is 3.22. The fraction of sp³-hybridized carbons (Fsp3) is 0.318. The number of benzene rings is 2. The van der Waals surface area contributed by atoms with Crippen molar-refractivity contribution in [1.82, 2.24) is 10.3 Å². The van der Waals surface area contributed by atoms with Gasteiger partial charge in [0.25, 0.3) is 0 Å². The van der Waals surface area contributed by atoms with E-state index < -0.39 is 10.0 Å². The molecule has 9 heteroatoms. The molecule has 2 aromatic carbocycles. The smallest absolute Gasteiger partial charge is 0.243 e. The Kier molecular flexibility index (Phi) is 7.06. The van der Waals surface area contributed by atoms with Crippen LogP contribution in [0.15, 0.2) is 59.7 Å². The van der Waals surface area contributed by atoms with Gasteiger partial charge in [0, 0.05) is 24.9 Å². The number of hydrazone groups is 1. The third kappa shape index (κ3) is 6.65. The van der Waals surface area contributed by atoms with Crippen molar-refractivity contribution in [2.24, 2.45) is 5.10 Å². The molecule has 0 saturated heterocycles. The van der Waals surface area contributed by atoms with Crippen molar-refractivity contribution < 1.29 is 18.0 Å². The van der Waals surface area contributed by atoms with Crippen molar-refractivity contribution in [1.29, 1.82) is 0 Å². The van der Waals surface area contributed by atoms with Crippen LogP contribution in [0.2, 0.25) is 0 Å². The van der Waals surface area contributed by atoms with E-state index in [2.05, 4.69) is 15.1 Å². The van der Waals surface area contributed by atoms with Crippen LogP contribution in [-0.4, -0.2) is 43.8 Å². The van der Waals surface area contributed by atoms with Gasteiger partial charge in [0.1, 0.15) is 0 Å². The van der Waals surface area contributed by atoms with Crippen LogP contribution >= 0.6 is 0 Å². The summed E-state index contributed by atoms with van der Waals surface area (Å²) in [7, 11) is -3.38. The molecule has 0 radical (unpaired) electrons. The molecule has 31 heavy (non-hydrogen) atoms. The third-order valence-corrected chi connectivity index (χ3v) is 5.44. The Morgan fingerprint density at radius 1 is 1.10 bits per heavy atom. The van der Waals surface area contributed by atoms with E-state index in [-0.39, 0.29) is 30.7 Å². The molecule has 1 aliphatic rings. The molecule has 1 aliphatic heterocycles. The predicted molar refractivity (Wildman–Crippen MR) is 120 cm³/mol. The topological polar surface area (TPSA) is 108 Å². The maximum Gasteiger partial charge on any atom is 0.243 e. The van der Waals surface area contributed by atoms with Gasteiger partial charge >= 0.3 is 0 Å². The summed E-state index contributed by atoms with van der Waals surface area (Å²) < 4.78 is 25.2. The highest BCUT2D eigenvalue weighted by atomic mass is 32.2. The molecule has 2 amide bonds. The van der Waals surface area contributed by atoms with Crippen LogP contribution in [-0.2, 0) is 19.6 Å². The minimum absolute atomic E-state index is 0.0527. The number of anilines is 1. The Hall–Kier alpha value is -3.20. The molecule has 164 valence electrons. The van der Waals surface area contributed by atoms with Crippen LogP contribution in [0, 0.1) is 0 Å². The normalized spacial score (nSPS) is 14.6. The maximum absolute atomic E-state index is 12.4. The molecule has 0 aromatic heterocycles. The van der Waals surface area contributed by atoms with Gasteiger partial charge in [0.05, 0.1) is 24.6 Å². The van der Waals surface area contributed by atoms with Crippen LogP contribution in [0.25, 0.3) is 0 Å². The Bertz CT molecular complexity index is 1080. The SMILES string of the molecule is CC(NC(=O)CCC(=O)N1CCC(c2ccccc2)=N1)c1cccc(NS(C)(=O)=O)c1.